The zero-order valence-electron chi connectivity index (χ0n) is 10.0. The molecule has 1 saturated heterocycles. The molecule has 1 aromatic carbocycles. The van der Waals surface area contributed by atoms with Gasteiger partial charge in [0.15, 0.2) is 0 Å². The molecule has 0 spiro atoms. The van der Waals surface area contributed by atoms with Crippen LogP contribution < -0.4 is 4.90 Å². The fraction of sp³-hybridized carbons (Fsp3) is 0.538. The summed E-state index contributed by atoms with van der Waals surface area (Å²) in [6.45, 7) is 4.31. The number of anilines is 1. The first kappa shape index (κ1) is 13.1. The molecule has 0 radical (unpaired) electrons. The van der Waals surface area contributed by atoms with Crippen LogP contribution in [0.25, 0.3) is 0 Å². The number of hydrogen-bond acceptors (Lipinski definition) is 3. The van der Waals surface area contributed by atoms with Crippen LogP contribution in [0.3, 0.4) is 0 Å². The predicted octanol–water partition coefficient (Wildman–Crippen LogP) is 3.16. The molecule has 4 heteroatoms. The van der Waals surface area contributed by atoms with E-state index in [1.807, 2.05) is 30.0 Å². The van der Waals surface area contributed by atoms with Crippen LogP contribution in [0, 0.1) is 0 Å². The Morgan fingerprint density at radius 3 is 3.06 bits per heavy atom. The van der Waals surface area contributed by atoms with Crippen LogP contribution in [0.1, 0.15) is 18.9 Å². The third kappa shape index (κ3) is 2.90. The molecule has 17 heavy (non-hydrogen) atoms. The highest BCUT2D eigenvalue weighted by molar-refractivity contribution is 8.00. The maximum atomic E-state index is 9.41. The van der Waals surface area contributed by atoms with Crippen LogP contribution in [0.5, 0.6) is 0 Å². The second kappa shape index (κ2) is 5.98. The highest BCUT2D eigenvalue weighted by Gasteiger charge is 2.22. The lowest BCUT2D eigenvalue weighted by Crippen LogP contribution is -2.38. The molecular formula is C13H18ClNOS. The fourth-order valence-corrected chi connectivity index (χ4v) is 3.70. The average Bonchev–Trinajstić information content (AvgIpc) is 2.38. The van der Waals surface area contributed by atoms with E-state index in [2.05, 4.69) is 11.8 Å². The summed E-state index contributed by atoms with van der Waals surface area (Å²) in [7, 11) is 0. The van der Waals surface area contributed by atoms with Gasteiger partial charge in [0.05, 0.1) is 17.3 Å². The molecule has 0 bridgehead atoms. The number of halogens is 1. The van der Waals surface area contributed by atoms with Crippen molar-refractivity contribution in [2.75, 3.05) is 23.7 Å². The van der Waals surface area contributed by atoms with Crippen LogP contribution >= 0.6 is 23.4 Å². The summed E-state index contributed by atoms with van der Waals surface area (Å²) in [6, 6.07) is 5.75. The second-order valence-corrected chi connectivity index (χ2v) is 6.07. The number of hydrogen-bond donors (Lipinski definition) is 1. The van der Waals surface area contributed by atoms with Gasteiger partial charge in [-0.2, -0.15) is 11.8 Å². The maximum Gasteiger partial charge on any atom is 0.0702 e. The molecular weight excluding hydrogens is 254 g/mol. The van der Waals surface area contributed by atoms with Crippen LogP contribution in [-0.2, 0) is 6.61 Å². The van der Waals surface area contributed by atoms with Gasteiger partial charge in [-0.05, 0) is 12.5 Å². The van der Waals surface area contributed by atoms with E-state index in [1.165, 1.54) is 6.42 Å². The SMILES string of the molecule is CCC1CN(c2c(Cl)cccc2CO)CCS1. The number of rotatable bonds is 3. The van der Waals surface area contributed by atoms with Crippen molar-refractivity contribution in [1.82, 2.24) is 0 Å². The normalized spacial score (nSPS) is 20.6. The van der Waals surface area contributed by atoms with Gasteiger partial charge in [0.25, 0.3) is 0 Å². The Bertz CT molecular complexity index is 386. The number of nitrogens with zero attached hydrogens (tertiary/aromatic N) is 1. The number of para-hydroxylation sites is 1. The Hall–Kier alpha value is -0.380. The van der Waals surface area contributed by atoms with Crippen LogP contribution in [0.4, 0.5) is 5.69 Å². The van der Waals surface area contributed by atoms with Crippen molar-refractivity contribution in [3.63, 3.8) is 0 Å². The summed E-state index contributed by atoms with van der Waals surface area (Å²) < 4.78 is 0. The summed E-state index contributed by atoms with van der Waals surface area (Å²) >= 11 is 8.31. The van der Waals surface area contributed by atoms with E-state index in [1.54, 1.807) is 0 Å². The van der Waals surface area contributed by atoms with E-state index in [0.29, 0.717) is 5.25 Å². The van der Waals surface area contributed by atoms with E-state index in [4.69, 9.17) is 11.6 Å². The predicted molar refractivity (Wildman–Crippen MR) is 76.1 cm³/mol. The molecule has 1 aliphatic rings. The molecule has 1 aromatic rings. The first-order valence-corrected chi connectivity index (χ1v) is 7.43. The average molecular weight is 272 g/mol. The van der Waals surface area contributed by atoms with E-state index in [9.17, 15) is 5.11 Å². The molecule has 2 rings (SSSR count). The highest BCUT2D eigenvalue weighted by atomic mass is 35.5. The van der Waals surface area contributed by atoms with Crippen molar-refractivity contribution in [1.29, 1.82) is 0 Å². The molecule has 0 aromatic heterocycles. The minimum atomic E-state index is 0.0519. The number of aliphatic hydroxyl groups is 1. The van der Waals surface area contributed by atoms with Crippen molar-refractivity contribution < 1.29 is 5.11 Å². The third-order valence-corrected chi connectivity index (χ3v) is 4.83. The topological polar surface area (TPSA) is 23.5 Å². The molecule has 1 heterocycles. The monoisotopic (exact) mass is 271 g/mol. The lowest BCUT2D eigenvalue weighted by molar-refractivity contribution is 0.282. The molecule has 0 aliphatic carbocycles. The van der Waals surface area contributed by atoms with Crippen LogP contribution in [-0.4, -0.2) is 29.2 Å². The Morgan fingerprint density at radius 2 is 2.35 bits per heavy atom. The quantitative estimate of drug-likeness (QED) is 0.914. The van der Waals surface area contributed by atoms with Crippen LogP contribution in [0.15, 0.2) is 18.2 Å². The van der Waals surface area contributed by atoms with Crippen molar-refractivity contribution in [3.8, 4) is 0 Å². The fourth-order valence-electron chi connectivity index (χ4n) is 2.21. The summed E-state index contributed by atoms with van der Waals surface area (Å²) in [6.07, 6.45) is 1.18. The molecule has 1 unspecified atom stereocenters. The number of aliphatic hydroxyl groups excluding tert-OH is 1. The summed E-state index contributed by atoms with van der Waals surface area (Å²) in [4.78, 5) is 2.32. The minimum absolute atomic E-state index is 0.0519. The third-order valence-electron chi connectivity index (χ3n) is 3.15. The van der Waals surface area contributed by atoms with Crippen molar-refractivity contribution in [3.05, 3.63) is 28.8 Å². The summed E-state index contributed by atoms with van der Waals surface area (Å²) in [5, 5.41) is 10.8. The Kier molecular flexibility index (Phi) is 4.60. The number of thioether (sulfide) groups is 1. The smallest absolute Gasteiger partial charge is 0.0702 e. The molecule has 1 atom stereocenters. The summed E-state index contributed by atoms with van der Waals surface area (Å²) in [5.41, 5.74) is 1.95. The Morgan fingerprint density at radius 1 is 1.53 bits per heavy atom. The molecule has 1 N–H and O–H groups in total. The van der Waals surface area contributed by atoms with Gasteiger partial charge >= 0.3 is 0 Å². The largest absolute Gasteiger partial charge is 0.392 e. The van der Waals surface area contributed by atoms with Gasteiger partial charge in [-0.3, -0.25) is 0 Å². The standard InChI is InChI=1S/C13H18ClNOS/c1-2-11-8-15(6-7-17-11)13-10(9-16)4-3-5-12(13)14/h3-5,11,16H,2,6-9H2,1H3. The van der Waals surface area contributed by atoms with Gasteiger partial charge in [-0.1, -0.05) is 30.7 Å². The van der Waals surface area contributed by atoms with Gasteiger partial charge < -0.3 is 10.0 Å². The van der Waals surface area contributed by atoms with Gasteiger partial charge in [0.2, 0.25) is 0 Å². The Balaban J connectivity index is 2.26. The molecule has 0 saturated carbocycles. The molecule has 94 valence electrons. The second-order valence-electron chi connectivity index (χ2n) is 4.25. The molecule has 0 amide bonds. The van der Waals surface area contributed by atoms with Gasteiger partial charge in [0.1, 0.15) is 0 Å². The first-order chi connectivity index (χ1) is 8.26. The van der Waals surface area contributed by atoms with Gasteiger partial charge in [-0.15, -0.1) is 0 Å². The molecule has 1 aliphatic heterocycles. The lowest BCUT2D eigenvalue weighted by atomic mass is 10.1. The maximum absolute atomic E-state index is 9.41. The van der Waals surface area contributed by atoms with Crippen molar-refractivity contribution in [2.45, 2.75) is 25.2 Å². The molecule has 2 nitrogen and oxygen atoms in total. The summed E-state index contributed by atoms with van der Waals surface area (Å²) in [5.74, 6) is 1.13. The van der Waals surface area contributed by atoms with Gasteiger partial charge in [-0.25, -0.2) is 0 Å². The van der Waals surface area contributed by atoms with E-state index >= 15 is 0 Å². The van der Waals surface area contributed by atoms with E-state index in [-0.39, 0.29) is 6.61 Å². The highest BCUT2D eigenvalue weighted by Crippen LogP contribution is 2.33. The van der Waals surface area contributed by atoms with Crippen molar-refractivity contribution >= 4 is 29.1 Å². The zero-order chi connectivity index (χ0) is 12.3. The lowest BCUT2D eigenvalue weighted by Gasteiger charge is -2.35. The minimum Gasteiger partial charge on any atom is -0.392 e. The Labute approximate surface area is 112 Å². The van der Waals surface area contributed by atoms with Crippen molar-refractivity contribution in [2.24, 2.45) is 0 Å². The van der Waals surface area contributed by atoms with Crippen LogP contribution in [0.2, 0.25) is 5.02 Å². The van der Waals surface area contributed by atoms with Gasteiger partial charge in [0, 0.05) is 29.7 Å². The van der Waals surface area contributed by atoms with E-state index in [0.717, 1.165) is 35.1 Å². The zero-order valence-corrected chi connectivity index (χ0v) is 11.6. The van der Waals surface area contributed by atoms with E-state index < -0.39 is 0 Å². The number of benzene rings is 1. The first-order valence-electron chi connectivity index (χ1n) is 6.01. The molecule has 1 fully saturated rings.